The maximum atomic E-state index is 14.6. The molecule has 0 spiro atoms. The quantitative estimate of drug-likeness (QED) is 0.880. The van der Waals surface area contributed by atoms with Crippen LogP contribution in [0.25, 0.3) is 5.69 Å². The zero-order valence-corrected chi connectivity index (χ0v) is 16.2. The van der Waals surface area contributed by atoms with Crippen LogP contribution in [-0.2, 0) is 9.59 Å². The summed E-state index contributed by atoms with van der Waals surface area (Å²) in [5, 5.41) is 7.11. The van der Waals surface area contributed by atoms with Crippen molar-refractivity contribution in [1.82, 2.24) is 14.7 Å². The number of likely N-dealkylation sites (tertiary alicyclic amines) is 1. The maximum Gasteiger partial charge on any atom is 0.229 e. The van der Waals surface area contributed by atoms with Gasteiger partial charge in [-0.25, -0.2) is 9.07 Å². The number of nitrogens with one attached hydrogen (secondary N) is 1. The van der Waals surface area contributed by atoms with E-state index in [1.165, 1.54) is 6.07 Å². The number of hydrogen-bond acceptors (Lipinski definition) is 3. The van der Waals surface area contributed by atoms with Gasteiger partial charge in [-0.2, -0.15) is 5.10 Å². The van der Waals surface area contributed by atoms with Crippen molar-refractivity contribution in [3.05, 3.63) is 41.5 Å². The van der Waals surface area contributed by atoms with Crippen LogP contribution in [0.15, 0.2) is 24.3 Å². The molecule has 0 bridgehead atoms. The third kappa shape index (κ3) is 3.79. The summed E-state index contributed by atoms with van der Waals surface area (Å²) in [5.41, 5.74) is 2.42. The Hall–Kier alpha value is -2.70. The van der Waals surface area contributed by atoms with Gasteiger partial charge in [0.05, 0.1) is 11.6 Å². The standard InChI is InChI=1S/C21H25FN4O2/c1-13-10-14(2)26(24-13)19-8-7-17(11-18(19)22)23-20(27)16-4-3-9-25(12-16)21(28)15-5-6-15/h7-8,10-11,15-16H,3-6,9,12H2,1-2H3,(H,23,27). The van der Waals surface area contributed by atoms with Crippen LogP contribution in [-0.4, -0.2) is 39.6 Å². The third-order valence-electron chi connectivity index (χ3n) is 5.48. The van der Waals surface area contributed by atoms with Crippen molar-refractivity contribution in [3.8, 4) is 5.69 Å². The van der Waals surface area contributed by atoms with Gasteiger partial charge in [-0.3, -0.25) is 9.59 Å². The molecule has 2 amide bonds. The highest BCUT2D eigenvalue weighted by molar-refractivity contribution is 5.93. The van der Waals surface area contributed by atoms with E-state index >= 15 is 0 Å². The molecule has 7 heteroatoms. The first-order valence-corrected chi connectivity index (χ1v) is 9.85. The number of piperidine rings is 1. The second-order valence-corrected chi connectivity index (χ2v) is 7.89. The van der Waals surface area contributed by atoms with Crippen LogP contribution >= 0.6 is 0 Å². The van der Waals surface area contributed by atoms with E-state index in [1.54, 1.807) is 16.8 Å². The molecular formula is C21H25FN4O2. The highest BCUT2D eigenvalue weighted by Gasteiger charge is 2.36. The molecule has 1 saturated heterocycles. The number of hydrogen-bond donors (Lipinski definition) is 1. The van der Waals surface area contributed by atoms with E-state index in [0.29, 0.717) is 17.9 Å². The van der Waals surface area contributed by atoms with Crippen LogP contribution in [0.2, 0.25) is 0 Å². The fraction of sp³-hybridized carbons (Fsp3) is 0.476. The summed E-state index contributed by atoms with van der Waals surface area (Å²) in [6.07, 6.45) is 3.49. The second kappa shape index (κ2) is 7.37. The Balaban J connectivity index is 1.43. The predicted octanol–water partition coefficient (Wildman–Crippen LogP) is 3.22. The van der Waals surface area contributed by atoms with Crippen molar-refractivity contribution >= 4 is 17.5 Å². The molecule has 2 aromatic rings. The fourth-order valence-electron chi connectivity index (χ4n) is 3.85. The topological polar surface area (TPSA) is 67.2 Å². The number of halogens is 1. The first kappa shape index (κ1) is 18.7. The average molecular weight is 384 g/mol. The Kier molecular flexibility index (Phi) is 4.91. The Morgan fingerprint density at radius 3 is 2.57 bits per heavy atom. The molecule has 0 radical (unpaired) electrons. The normalized spacial score (nSPS) is 19.5. The van der Waals surface area contributed by atoms with Gasteiger partial charge in [0.25, 0.3) is 0 Å². The number of aromatic nitrogens is 2. The minimum absolute atomic E-state index is 0.161. The molecule has 1 atom stereocenters. The molecule has 1 aromatic carbocycles. The van der Waals surface area contributed by atoms with Crippen molar-refractivity contribution in [1.29, 1.82) is 0 Å². The van der Waals surface area contributed by atoms with Crippen molar-refractivity contribution < 1.29 is 14.0 Å². The summed E-state index contributed by atoms with van der Waals surface area (Å²) in [6.45, 7) is 4.91. The predicted molar refractivity (Wildman–Crippen MR) is 104 cm³/mol. The molecule has 28 heavy (non-hydrogen) atoms. The minimum Gasteiger partial charge on any atom is -0.342 e. The van der Waals surface area contributed by atoms with E-state index < -0.39 is 5.82 Å². The number of anilines is 1. The van der Waals surface area contributed by atoms with Crippen LogP contribution in [0, 0.1) is 31.5 Å². The minimum atomic E-state index is -0.446. The first-order chi connectivity index (χ1) is 13.4. The van der Waals surface area contributed by atoms with Crippen LogP contribution in [0.3, 0.4) is 0 Å². The Bertz CT molecular complexity index is 919. The SMILES string of the molecule is Cc1cc(C)n(-c2ccc(NC(=O)C3CCCN(C(=O)C4CC4)C3)cc2F)n1. The van der Waals surface area contributed by atoms with Gasteiger partial charge in [-0.15, -0.1) is 0 Å². The van der Waals surface area contributed by atoms with Gasteiger partial charge in [0, 0.05) is 30.4 Å². The maximum absolute atomic E-state index is 14.6. The van der Waals surface area contributed by atoms with Gasteiger partial charge in [0.15, 0.2) is 5.82 Å². The number of benzene rings is 1. The van der Waals surface area contributed by atoms with Gasteiger partial charge in [-0.05, 0) is 63.8 Å². The molecule has 2 heterocycles. The lowest BCUT2D eigenvalue weighted by molar-refractivity contribution is -0.135. The van der Waals surface area contributed by atoms with Crippen molar-refractivity contribution in [2.45, 2.75) is 39.5 Å². The lowest BCUT2D eigenvalue weighted by atomic mass is 9.96. The molecule has 2 aliphatic rings. The summed E-state index contributed by atoms with van der Waals surface area (Å²) in [6, 6.07) is 6.50. The summed E-state index contributed by atoms with van der Waals surface area (Å²) in [7, 11) is 0. The molecule has 1 N–H and O–H groups in total. The molecule has 6 nitrogen and oxygen atoms in total. The monoisotopic (exact) mass is 384 g/mol. The third-order valence-corrected chi connectivity index (χ3v) is 5.48. The summed E-state index contributed by atoms with van der Waals surface area (Å²) < 4.78 is 16.2. The zero-order valence-electron chi connectivity index (χ0n) is 16.2. The number of aryl methyl sites for hydroxylation is 2. The smallest absolute Gasteiger partial charge is 0.229 e. The Morgan fingerprint density at radius 2 is 1.93 bits per heavy atom. The number of carbonyl (C=O) groups is 2. The van der Waals surface area contributed by atoms with Crippen LogP contribution in [0.5, 0.6) is 0 Å². The number of rotatable bonds is 4. The van der Waals surface area contributed by atoms with Crippen molar-refractivity contribution in [2.24, 2.45) is 11.8 Å². The van der Waals surface area contributed by atoms with E-state index in [2.05, 4.69) is 10.4 Å². The zero-order chi connectivity index (χ0) is 19.8. The molecule has 1 unspecified atom stereocenters. The fourth-order valence-corrected chi connectivity index (χ4v) is 3.85. The van der Waals surface area contributed by atoms with Gasteiger partial charge in [0.2, 0.25) is 11.8 Å². The molecule has 148 valence electrons. The van der Waals surface area contributed by atoms with Crippen LogP contribution in [0.4, 0.5) is 10.1 Å². The van der Waals surface area contributed by atoms with Crippen LogP contribution < -0.4 is 5.32 Å². The number of carbonyl (C=O) groups excluding carboxylic acids is 2. The highest BCUT2D eigenvalue weighted by Crippen LogP contribution is 2.32. The molecule has 1 aliphatic heterocycles. The Labute approximate surface area is 163 Å². The van der Waals surface area contributed by atoms with Gasteiger partial charge in [-0.1, -0.05) is 0 Å². The molecule has 1 saturated carbocycles. The van der Waals surface area contributed by atoms with E-state index in [0.717, 1.165) is 43.6 Å². The van der Waals surface area contributed by atoms with E-state index in [-0.39, 0.29) is 23.7 Å². The van der Waals surface area contributed by atoms with Gasteiger partial charge < -0.3 is 10.2 Å². The molecule has 1 aromatic heterocycles. The molecule has 1 aliphatic carbocycles. The number of nitrogens with zero attached hydrogens (tertiary/aromatic N) is 3. The Morgan fingerprint density at radius 1 is 1.14 bits per heavy atom. The summed E-state index contributed by atoms with van der Waals surface area (Å²) >= 11 is 0. The van der Waals surface area contributed by atoms with E-state index in [9.17, 15) is 14.0 Å². The summed E-state index contributed by atoms with van der Waals surface area (Å²) in [4.78, 5) is 26.7. The number of amides is 2. The molecule has 2 fully saturated rings. The first-order valence-electron chi connectivity index (χ1n) is 9.85. The van der Waals surface area contributed by atoms with Gasteiger partial charge >= 0.3 is 0 Å². The van der Waals surface area contributed by atoms with Crippen molar-refractivity contribution in [2.75, 3.05) is 18.4 Å². The lowest BCUT2D eigenvalue weighted by Crippen LogP contribution is -2.44. The van der Waals surface area contributed by atoms with Crippen molar-refractivity contribution in [3.63, 3.8) is 0 Å². The highest BCUT2D eigenvalue weighted by atomic mass is 19.1. The molecule has 4 rings (SSSR count). The van der Waals surface area contributed by atoms with Crippen LogP contribution in [0.1, 0.15) is 37.1 Å². The average Bonchev–Trinajstić information content (AvgIpc) is 3.46. The molecular weight excluding hydrogens is 359 g/mol. The van der Waals surface area contributed by atoms with E-state index in [4.69, 9.17) is 0 Å². The van der Waals surface area contributed by atoms with Gasteiger partial charge in [0.1, 0.15) is 5.69 Å². The van der Waals surface area contributed by atoms with E-state index in [1.807, 2.05) is 24.8 Å². The summed E-state index contributed by atoms with van der Waals surface area (Å²) in [5.74, 6) is -0.518. The lowest BCUT2D eigenvalue weighted by Gasteiger charge is -2.32. The largest absolute Gasteiger partial charge is 0.342 e. The second-order valence-electron chi connectivity index (χ2n) is 7.89.